The van der Waals surface area contributed by atoms with Crippen molar-refractivity contribution in [2.45, 2.75) is 25.3 Å². The largest absolute Gasteiger partial charge is 0.356 e. The van der Waals surface area contributed by atoms with E-state index < -0.39 is 6.04 Å². The number of thiazole rings is 1. The number of anilines is 1. The van der Waals surface area contributed by atoms with Crippen LogP contribution in [0.1, 0.15) is 28.2 Å². The number of nitrogens with zero attached hydrogens (tertiary/aromatic N) is 1. The van der Waals surface area contributed by atoms with E-state index in [4.69, 9.17) is 0 Å². The summed E-state index contributed by atoms with van der Waals surface area (Å²) in [6.07, 6.45) is 1.01. The third-order valence-electron chi connectivity index (χ3n) is 4.99. The Labute approximate surface area is 183 Å². The number of hydrogen-bond acceptors (Lipinski definition) is 5. The molecule has 1 atom stereocenters. The maximum absolute atomic E-state index is 12.4. The Bertz CT molecular complexity index is 1100. The van der Waals surface area contributed by atoms with E-state index in [-0.39, 0.29) is 30.6 Å². The molecule has 2 aromatic carbocycles. The zero-order valence-corrected chi connectivity index (χ0v) is 17.6. The molecule has 0 bridgehead atoms. The van der Waals surface area contributed by atoms with Gasteiger partial charge in [0.1, 0.15) is 6.04 Å². The van der Waals surface area contributed by atoms with Crippen molar-refractivity contribution in [2.75, 3.05) is 11.9 Å². The van der Waals surface area contributed by atoms with Gasteiger partial charge in [-0.25, -0.2) is 4.98 Å². The Hall–Kier alpha value is -3.52. The Morgan fingerprint density at radius 2 is 1.84 bits per heavy atom. The summed E-state index contributed by atoms with van der Waals surface area (Å²) in [5.74, 6) is -0.802. The van der Waals surface area contributed by atoms with Crippen LogP contribution in [0.2, 0.25) is 0 Å². The molecule has 4 rings (SSSR count). The second kappa shape index (κ2) is 9.53. The van der Waals surface area contributed by atoms with Gasteiger partial charge in [0.15, 0.2) is 0 Å². The van der Waals surface area contributed by atoms with E-state index in [2.05, 4.69) is 20.9 Å². The smallest absolute Gasteiger partial charge is 0.254 e. The zero-order chi connectivity index (χ0) is 21.6. The monoisotopic (exact) mass is 434 g/mol. The molecule has 0 fully saturated rings. The summed E-state index contributed by atoms with van der Waals surface area (Å²) < 4.78 is 0. The molecule has 1 aliphatic rings. The van der Waals surface area contributed by atoms with Crippen LogP contribution in [0.15, 0.2) is 60.0 Å². The number of nitrogens with one attached hydrogen (secondary N) is 3. The Morgan fingerprint density at radius 1 is 1.06 bits per heavy atom. The van der Waals surface area contributed by atoms with Crippen molar-refractivity contribution >= 4 is 34.7 Å². The number of rotatable bonds is 7. The van der Waals surface area contributed by atoms with Gasteiger partial charge in [0.25, 0.3) is 5.91 Å². The summed E-state index contributed by atoms with van der Waals surface area (Å²) in [7, 11) is 0. The van der Waals surface area contributed by atoms with E-state index in [1.807, 2.05) is 35.7 Å². The second-order valence-corrected chi connectivity index (χ2v) is 8.13. The van der Waals surface area contributed by atoms with Crippen LogP contribution in [0.5, 0.6) is 0 Å². The number of para-hydroxylation sites is 1. The molecule has 0 unspecified atom stereocenters. The lowest BCUT2D eigenvalue weighted by Crippen LogP contribution is -2.42. The van der Waals surface area contributed by atoms with Crippen molar-refractivity contribution in [3.63, 3.8) is 0 Å². The lowest BCUT2D eigenvalue weighted by atomic mass is 10.1. The number of fused-ring (bicyclic) bond motifs is 1. The average Bonchev–Trinajstić information content (AvgIpc) is 3.21. The Balaban J connectivity index is 1.23. The summed E-state index contributed by atoms with van der Waals surface area (Å²) in [6.45, 7) is 0.467. The molecule has 3 N–H and O–H groups in total. The van der Waals surface area contributed by atoms with Gasteiger partial charge in [-0.2, -0.15) is 0 Å². The average molecular weight is 435 g/mol. The highest BCUT2D eigenvalue weighted by atomic mass is 32.1. The molecule has 0 saturated heterocycles. The van der Waals surface area contributed by atoms with Gasteiger partial charge < -0.3 is 16.0 Å². The number of carbonyl (C=O) groups excluding carboxylic acids is 3. The molecule has 0 saturated carbocycles. The van der Waals surface area contributed by atoms with Crippen LogP contribution >= 0.6 is 11.3 Å². The van der Waals surface area contributed by atoms with Crippen LogP contribution < -0.4 is 16.0 Å². The predicted octanol–water partition coefficient (Wildman–Crippen LogP) is 3.00. The molecule has 2 heterocycles. The van der Waals surface area contributed by atoms with Gasteiger partial charge in [-0.05, 0) is 18.6 Å². The fraction of sp³-hybridized carbons (Fsp3) is 0.217. The standard InChI is InChI=1S/C23H22N4O3S/c28-20(24-13-12-21-25-19(14-31-21)15-6-2-1-3-7-15)11-10-18-23(30)26-17-9-5-4-8-16(17)22(29)27-18/h1-9,14,18H,10-13H2,(H,24,28)(H,26,30)(H,27,29)/t18-/m0/s1. The molecular formula is C23H22N4O3S. The summed E-state index contributed by atoms with van der Waals surface area (Å²) in [6, 6.07) is 16.0. The predicted molar refractivity (Wildman–Crippen MR) is 120 cm³/mol. The van der Waals surface area contributed by atoms with Gasteiger partial charge in [0.05, 0.1) is 22.0 Å². The minimum absolute atomic E-state index is 0.141. The molecule has 0 spiro atoms. The molecule has 1 aromatic heterocycles. The van der Waals surface area contributed by atoms with Gasteiger partial charge in [0, 0.05) is 30.3 Å². The van der Waals surface area contributed by atoms with Crippen LogP contribution in [-0.2, 0) is 16.0 Å². The number of amides is 3. The van der Waals surface area contributed by atoms with Crippen molar-refractivity contribution in [1.29, 1.82) is 0 Å². The maximum atomic E-state index is 12.4. The van der Waals surface area contributed by atoms with E-state index in [9.17, 15) is 14.4 Å². The number of aromatic nitrogens is 1. The zero-order valence-electron chi connectivity index (χ0n) is 16.8. The third kappa shape index (κ3) is 5.16. The summed E-state index contributed by atoms with van der Waals surface area (Å²) in [4.78, 5) is 41.6. The Kier molecular flexibility index (Phi) is 6.37. The van der Waals surface area contributed by atoms with Crippen LogP contribution in [0.25, 0.3) is 11.3 Å². The minimum atomic E-state index is -0.752. The highest BCUT2D eigenvalue weighted by molar-refractivity contribution is 7.09. The number of benzene rings is 2. The van der Waals surface area contributed by atoms with Crippen LogP contribution in [-0.4, -0.2) is 35.3 Å². The van der Waals surface area contributed by atoms with Gasteiger partial charge in [-0.3, -0.25) is 14.4 Å². The first-order valence-electron chi connectivity index (χ1n) is 10.1. The number of hydrogen-bond donors (Lipinski definition) is 3. The molecule has 31 heavy (non-hydrogen) atoms. The highest BCUT2D eigenvalue weighted by Gasteiger charge is 2.27. The van der Waals surface area contributed by atoms with Crippen molar-refractivity contribution in [3.05, 3.63) is 70.5 Å². The summed E-state index contributed by atoms with van der Waals surface area (Å²) in [5.41, 5.74) is 2.90. The Morgan fingerprint density at radius 3 is 2.68 bits per heavy atom. The second-order valence-electron chi connectivity index (χ2n) is 7.19. The van der Waals surface area contributed by atoms with E-state index >= 15 is 0 Å². The van der Waals surface area contributed by atoms with E-state index in [0.717, 1.165) is 16.3 Å². The minimum Gasteiger partial charge on any atom is -0.356 e. The molecule has 3 aromatic rings. The summed E-state index contributed by atoms with van der Waals surface area (Å²) in [5, 5.41) is 11.3. The normalized spacial score (nSPS) is 15.4. The van der Waals surface area contributed by atoms with E-state index in [0.29, 0.717) is 24.2 Å². The molecule has 3 amide bonds. The van der Waals surface area contributed by atoms with Crippen LogP contribution in [0, 0.1) is 0 Å². The molecule has 0 aliphatic carbocycles. The SMILES string of the molecule is O=C(CC[C@@H]1NC(=O)c2ccccc2NC1=O)NCCc1nc(-c2ccccc2)cs1. The molecule has 0 radical (unpaired) electrons. The van der Waals surface area contributed by atoms with Gasteiger partial charge in [-0.1, -0.05) is 42.5 Å². The third-order valence-corrected chi connectivity index (χ3v) is 5.90. The van der Waals surface area contributed by atoms with Gasteiger partial charge in [-0.15, -0.1) is 11.3 Å². The molecule has 1 aliphatic heterocycles. The highest BCUT2D eigenvalue weighted by Crippen LogP contribution is 2.22. The lowest BCUT2D eigenvalue weighted by Gasteiger charge is -2.14. The van der Waals surface area contributed by atoms with Crippen molar-refractivity contribution in [1.82, 2.24) is 15.6 Å². The quantitative estimate of drug-likeness (QED) is 0.532. The fourth-order valence-corrected chi connectivity index (χ4v) is 4.16. The van der Waals surface area contributed by atoms with Crippen molar-refractivity contribution < 1.29 is 14.4 Å². The van der Waals surface area contributed by atoms with Gasteiger partial charge >= 0.3 is 0 Å². The van der Waals surface area contributed by atoms with Crippen LogP contribution in [0.3, 0.4) is 0 Å². The molecule has 158 valence electrons. The summed E-state index contributed by atoms with van der Waals surface area (Å²) >= 11 is 1.57. The topological polar surface area (TPSA) is 100 Å². The van der Waals surface area contributed by atoms with Crippen molar-refractivity contribution in [2.24, 2.45) is 0 Å². The van der Waals surface area contributed by atoms with E-state index in [1.165, 1.54) is 0 Å². The molecule has 8 heteroatoms. The molecule has 7 nitrogen and oxygen atoms in total. The first-order chi connectivity index (χ1) is 15.1. The first kappa shape index (κ1) is 20.7. The van der Waals surface area contributed by atoms with Crippen LogP contribution in [0.4, 0.5) is 5.69 Å². The van der Waals surface area contributed by atoms with E-state index in [1.54, 1.807) is 35.6 Å². The first-order valence-corrected chi connectivity index (χ1v) is 11.0. The van der Waals surface area contributed by atoms with Gasteiger partial charge in [0.2, 0.25) is 11.8 Å². The fourth-order valence-electron chi connectivity index (χ4n) is 3.35. The number of carbonyl (C=O) groups is 3. The maximum Gasteiger partial charge on any atom is 0.254 e. The van der Waals surface area contributed by atoms with Crippen molar-refractivity contribution in [3.8, 4) is 11.3 Å². The molecular weight excluding hydrogens is 412 g/mol. The lowest BCUT2D eigenvalue weighted by molar-refractivity contribution is -0.121.